The van der Waals surface area contributed by atoms with Crippen molar-refractivity contribution in [3.63, 3.8) is 0 Å². The molecule has 2 N–H and O–H groups in total. The number of hydrogen-bond acceptors (Lipinski definition) is 2. The van der Waals surface area contributed by atoms with Crippen molar-refractivity contribution in [3.05, 3.63) is 0 Å². The fourth-order valence-corrected chi connectivity index (χ4v) is 2.78. The van der Waals surface area contributed by atoms with Crippen LogP contribution >= 0.6 is 0 Å². The molecular weight excluding hydrogens is 244 g/mol. The summed E-state index contributed by atoms with van der Waals surface area (Å²) in [6.07, 6.45) is 5.79. The van der Waals surface area contributed by atoms with Crippen LogP contribution in [0.3, 0.4) is 0 Å². The van der Waals surface area contributed by atoms with E-state index in [1.54, 1.807) is 4.90 Å². The highest BCUT2D eigenvalue weighted by Crippen LogP contribution is 2.45. The molecule has 0 aromatic rings. The van der Waals surface area contributed by atoms with E-state index in [0.717, 1.165) is 18.8 Å². The van der Waals surface area contributed by atoms with Gasteiger partial charge in [-0.2, -0.15) is 0 Å². The minimum Gasteiger partial charge on any atom is -0.481 e. The Hall–Kier alpha value is -1.26. The molecule has 0 saturated heterocycles. The maximum atomic E-state index is 12.0. The molecule has 2 rings (SSSR count). The number of carboxylic acid groups (broad SMARTS) is 1. The Morgan fingerprint density at radius 3 is 2.32 bits per heavy atom. The summed E-state index contributed by atoms with van der Waals surface area (Å²) in [6.45, 7) is 2.51. The smallest absolute Gasteiger partial charge is 0.317 e. The van der Waals surface area contributed by atoms with Crippen LogP contribution in [0.2, 0.25) is 0 Å². The van der Waals surface area contributed by atoms with E-state index < -0.39 is 11.4 Å². The number of nitrogens with zero attached hydrogens (tertiary/aromatic N) is 1. The summed E-state index contributed by atoms with van der Waals surface area (Å²) < 4.78 is 0. The van der Waals surface area contributed by atoms with Crippen LogP contribution < -0.4 is 5.32 Å². The van der Waals surface area contributed by atoms with Crippen molar-refractivity contribution in [2.45, 2.75) is 51.5 Å². The molecule has 2 amide bonds. The van der Waals surface area contributed by atoms with E-state index in [9.17, 15) is 9.59 Å². The van der Waals surface area contributed by atoms with Crippen LogP contribution in [0.1, 0.15) is 45.4 Å². The quantitative estimate of drug-likeness (QED) is 0.820. The third kappa shape index (κ3) is 3.19. The number of carboxylic acids is 1. The monoisotopic (exact) mass is 268 g/mol. The van der Waals surface area contributed by atoms with Gasteiger partial charge in [0.15, 0.2) is 0 Å². The van der Waals surface area contributed by atoms with Gasteiger partial charge in [0.25, 0.3) is 0 Å². The van der Waals surface area contributed by atoms with Gasteiger partial charge in [-0.1, -0.05) is 6.92 Å². The number of hydrogen-bond donors (Lipinski definition) is 2. The van der Waals surface area contributed by atoms with Crippen LogP contribution in [0.25, 0.3) is 0 Å². The third-order valence-corrected chi connectivity index (χ3v) is 4.74. The molecule has 0 aliphatic heterocycles. The largest absolute Gasteiger partial charge is 0.481 e. The topological polar surface area (TPSA) is 69.6 Å². The molecule has 2 aliphatic rings. The molecule has 19 heavy (non-hydrogen) atoms. The molecule has 5 heteroatoms. The van der Waals surface area contributed by atoms with Gasteiger partial charge < -0.3 is 15.3 Å². The normalized spacial score (nSPS) is 28.5. The summed E-state index contributed by atoms with van der Waals surface area (Å²) in [5, 5.41) is 11.8. The van der Waals surface area contributed by atoms with Crippen LogP contribution in [-0.2, 0) is 4.79 Å². The zero-order valence-electron chi connectivity index (χ0n) is 11.8. The number of urea groups is 1. The Balaban J connectivity index is 1.78. The molecule has 5 nitrogen and oxygen atoms in total. The van der Waals surface area contributed by atoms with Gasteiger partial charge >= 0.3 is 12.0 Å². The first kappa shape index (κ1) is 14.2. The van der Waals surface area contributed by atoms with E-state index in [1.807, 2.05) is 7.05 Å². The van der Waals surface area contributed by atoms with Crippen molar-refractivity contribution in [3.8, 4) is 0 Å². The summed E-state index contributed by atoms with van der Waals surface area (Å²) in [4.78, 5) is 24.8. The first-order chi connectivity index (χ1) is 8.94. The van der Waals surface area contributed by atoms with E-state index in [4.69, 9.17) is 5.11 Å². The minimum absolute atomic E-state index is 0.132. The molecule has 2 fully saturated rings. The van der Waals surface area contributed by atoms with Crippen molar-refractivity contribution >= 4 is 12.0 Å². The van der Waals surface area contributed by atoms with Crippen molar-refractivity contribution in [1.29, 1.82) is 0 Å². The number of nitrogens with one attached hydrogen (secondary N) is 1. The summed E-state index contributed by atoms with van der Waals surface area (Å²) >= 11 is 0. The molecule has 0 spiro atoms. The molecule has 0 atom stereocenters. The van der Waals surface area contributed by atoms with Gasteiger partial charge in [-0.25, -0.2) is 4.79 Å². The lowest BCUT2D eigenvalue weighted by Crippen LogP contribution is -2.47. The standard InChI is InChI=1S/C14H24N2O3/c1-10-3-5-11(6-4-10)16(2)13(19)15-9-14(7-8-14)12(17)18/h10-11H,3-9H2,1-2H3,(H,15,19)(H,17,18). The van der Waals surface area contributed by atoms with E-state index in [-0.39, 0.29) is 12.6 Å². The second kappa shape index (κ2) is 5.39. The Labute approximate surface area is 114 Å². The fraction of sp³-hybridized carbons (Fsp3) is 0.857. The van der Waals surface area contributed by atoms with Crippen LogP contribution in [0.5, 0.6) is 0 Å². The molecule has 2 saturated carbocycles. The Morgan fingerprint density at radius 1 is 1.26 bits per heavy atom. The summed E-state index contributed by atoms with van der Waals surface area (Å²) in [5.74, 6) is -0.0311. The van der Waals surface area contributed by atoms with Crippen LogP contribution in [-0.4, -0.2) is 41.6 Å². The van der Waals surface area contributed by atoms with Crippen molar-refractivity contribution < 1.29 is 14.7 Å². The molecule has 2 aliphatic carbocycles. The van der Waals surface area contributed by atoms with Gasteiger partial charge in [0.2, 0.25) is 0 Å². The predicted octanol–water partition coefficient (Wildman–Crippen LogP) is 2.07. The number of carbonyl (C=O) groups is 2. The Kier molecular flexibility index (Phi) is 4.02. The van der Waals surface area contributed by atoms with E-state index in [0.29, 0.717) is 18.9 Å². The second-order valence-electron chi connectivity index (χ2n) is 6.27. The lowest BCUT2D eigenvalue weighted by atomic mass is 9.87. The van der Waals surface area contributed by atoms with E-state index >= 15 is 0 Å². The SMILES string of the molecule is CC1CCC(N(C)C(=O)NCC2(C(=O)O)CC2)CC1. The van der Waals surface area contributed by atoms with Crippen molar-refractivity contribution in [1.82, 2.24) is 10.2 Å². The van der Waals surface area contributed by atoms with Gasteiger partial charge in [0.05, 0.1) is 5.41 Å². The zero-order chi connectivity index (χ0) is 14.0. The third-order valence-electron chi connectivity index (χ3n) is 4.74. The predicted molar refractivity (Wildman–Crippen MR) is 71.9 cm³/mol. The molecule has 0 bridgehead atoms. The summed E-state index contributed by atoms with van der Waals surface area (Å²) in [6, 6.07) is 0.170. The lowest BCUT2D eigenvalue weighted by Gasteiger charge is -2.33. The molecular formula is C14H24N2O3. The average molecular weight is 268 g/mol. The summed E-state index contributed by atoms with van der Waals surface area (Å²) in [7, 11) is 1.82. The highest BCUT2D eigenvalue weighted by molar-refractivity contribution is 5.80. The minimum atomic E-state index is -0.790. The molecule has 0 unspecified atom stereocenters. The highest BCUT2D eigenvalue weighted by atomic mass is 16.4. The van der Waals surface area contributed by atoms with Gasteiger partial charge in [-0.15, -0.1) is 0 Å². The van der Waals surface area contributed by atoms with Gasteiger partial charge in [0.1, 0.15) is 0 Å². The molecule has 0 heterocycles. The first-order valence-electron chi connectivity index (χ1n) is 7.19. The van der Waals surface area contributed by atoms with Crippen LogP contribution in [0, 0.1) is 11.3 Å². The van der Waals surface area contributed by atoms with Gasteiger partial charge in [-0.3, -0.25) is 4.79 Å². The number of aliphatic carboxylic acids is 1. The maximum Gasteiger partial charge on any atom is 0.317 e. The average Bonchev–Trinajstić information content (AvgIpc) is 3.17. The van der Waals surface area contributed by atoms with Gasteiger partial charge in [-0.05, 0) is 44.4 Å². The van der Waals surface area contributed by atoms with Crippen LogP contribution in [0.15, 0.2) is 0 Å². The van der Waals surface area contributed by atoms with Crippen molar-refractivity contribution in [2.75, 3.05) is 13.6 Å². The number of amides is 2. The number of carbonyl (C=O) groups excluding carboxylic acids is 1. The van der Waals surface area contributed by atoms with E-state index in [1.165, 1.54) is 12.8 Å². The molecule has 0 aromatic carbocycles. The first-order valence-corrected chi connectivity index (χ1v) is 7.19. The fourth-order valence-electron chi connectivity index (χ4n) is 2.78. The molecule has 0 aromatic heterocycles. The zero-order valence-corrected chi connectivity index (χ0v) is 11.8. The second-order valence-corrected chi connectivity index (χ2v) is 6.27. The summed E-state index contributed by atoms with van der Waals surface area (Å²) in [5.41, 5.74) is -0.683. The Bertz CT molecular complexity index is 358. The van der Waals surface area contributed by atoms with Gasteiger partial charge in [0, 0.05) is 19.6 Å². The van der Waals surface area contributed by atoms with Crippen molar-refractivity contribution in [2.24, 2.45) is 11.3 Å². The lowest BCUT2D eigenvalue weighted by molar-refractivity contribution is -0.143. The van der Waals surface area contributed by atoms with E-state index in [2.05, 4.69) is 12.2 Å². The molecule has 108 valence electrons. The highest BCUT2D eigenvalue weighted by Gasteiger charge is 2.50. The molecule has 0 radical (unpaired) electrons. The number of rotatable bonds is 4. The van der Waals surface area contributed by atoms with Crippen LogP contribution in [0.4, 0.5) is 4.79 Å². The Morgan fingerprint density at radius 2 is 1.84 bits per heavy atom. The maximum absolute atomic E-state index is 12.0.